The van der Waals surface area contributed by atoms with E-state index in [2.05, 4.69) is 32.9 Å². The van der Waals surface area contributed by atoms with Crippen molar-refractivity contribution in [3.05, 3.63) is 72.1 Å². The normalized spacial score (nSPS) is 15.4. The number of rotatable bonds is 4. The molecule has 0 N–H and O–H groups in total. The first-order valence-electron chi connectivity index (χ1n) is 8.87. The van der Waals surface area contributed by atoms with Crippen LogP contribution in [-0.4, -0.2) is 45.8 Å². The number of benzene rings is 1. The zero-order chi connectivity index (χ0) is 17.9. The highest BCUT2D eigenvalue weighted by molar-refractivity contribution is 5.52. The van der Waals surface area contributed by atoms with Gasteiger partial charge in [-0.3, -0.25) is 9.88 Å². The predicted octanol–water partition coefficient (Wildman–Crippen LogP) is 3.04. The fourth-order valence-corrected chi connectivity index (χ4v) is 3.52. The van der Waals surface area contributed by atoms with Gasteiger partial charge in [-0.15, -0.1) is 0 Å². The maximum absolute atomic E-state index is 13.8. The number of piperazine rings is 1. The zero-order valence-electron chi connectivity index (χ0n) is 14.8. The molecule has 0 aliphatic carbocycles. The van der Waals surface area contributed by atoms with Gasteiger partial charge in [-0.2, -0.15) is 5.10 Å². The van der Waals surface area contributed by atoms with Crippen LogP contribution in [0, 0.1) is 12.7 Å². The van der Waals surface area contributed by atoms with Crippen LogP contribution in [0.1, 0.15) is 11.1 Å². The van der Waals surface area contributed by atoms with Crippen LogP contribution in [0.4, 0.5) is 10.1 Å². The molecule has 4 rings (SSSR count). The number of halogens is 1. The smallest absolute Gasteiger partial charge is 0.123 e. The van der Waals surface area contributed by atoms with Crippen molar-refractivity contribution in [3.63, 3.8) is 0 Å². The first kappa shape index (κ1) is 16.7. The summed E-state index contributed by atoms with van der Waals surface area (Å²) in [6, 6.07) is 8.87. The Labute approximate surface area is 152 Å². The molecule has 1 aliphatic heterocycles. The summed E-state index contributed by atoms with van der Waals surface area (Å²) >= 11 is 0. The monoisotopic (exact) mass is 351 g/mol. The summed E-state index contributed by atoms with van der Waals surface area (Å²) in [6.45, 7) is 6.61. The van der Waals surface area contributed by atoms with Crippen LogP contribution in [0.2, 0.25) is 0 Å². The van der Waals surface area contributed by atoms with Crippen LogP contribution in [0.5, 0.6) is 0 Å². The van der Waals surface area contributed by atoms with E-state index in [4.69, 9.17) is 0 Å². The van der Waals surface area contributed by atoms with E-state index < -0.39 is 0 Å². The van der Waals surface area contributed by atoms with Crippen molar-refractivity contribution in [2.45, 2.75) is 13.5 Å². The molecule has 0 radical (unpaired) electrons. The number of hydrogen-bond donors (Lipinski definition) is 0. The largest absolute Gasteiger partial charge is 0.369 e. The second-order valence-corrected chi connectivity index (χ2v) is 6.65. The Hall–Kier alpha value is -2.73. The maximum atomic E-state index is 13.8. The molecular formula is C20H22FN5. The molecule has 0 atom stereocenters. The number of aromatic nitrogens is 3. The van der Waals surface area contributed by atoms with E-state index in [0.717, 1.165) is 44.0 Å². The Morgan fingerprint density at radius 1 is 1.04 bits per heavy atom. The van der Waals surface area contributed by atoms with Gasteiger partial charge in [-0.05, 0) is 48.4 Å². The molecular weight excluding hydrogens is 329 g/mol. The standard InChI is InChI=1S/C20H22FN5/c1-16-14-22-7-5-19(16)25-11-9-24(10-12-25)15-17-13-18(21)3-4-20(17)26-8-2-6-23-26/h2-8,13-14H,9-12,15H2,1H3. The molecule has 26 heavy (non-hydrogen) atoms. The summed E-state index contributed by atoms with van der Waals surface area (Å²) in [5.41, 5.74) is 4.35. The maximum Gasteiger partial charge on any atom is 0.123 e. The number of hydrogen-bond acceptors (Lipinski definition) is 4. The van der Waals surface area contributed by atoms with Crippen LogP contribution in [0.3, 0.4) is 0 Å². The fraction of sp³-hybridized carbons (Fsp3) is 0.300. The average molecular weight is 351 g/mol. The lowest BCUT2D eigenvalue weighted by Crippen LogP contribution is -2.46. The number of aryl methyl sites for hydroxylation is 1. The summed E-state index contributed by atoms with van der Waals surface area (Å²) in [4.78, 5) is 8.94. The van der Waals surface area contributed by atoms with Gasteiger partial charge < -0.3 is 4.90 Å². The van der Waals surface area contributed by atoms with Gasteiger partial charge in [0.1, 0.15) is 5.82 Å². The van der Waals surface area contributed by atoms with E-state index in [1.807, 2.05) is 24.7 Å². The topological polar surface area (TPSA) is 37.2 Å². The molecule has 2 aromatic heterocycles. The van der Waals surface area contributed by atoms with Gasteiger partial charge in [0.15, 0.2) is 0 Å². The van der Waals surface area contributed by atoms with Crippen LogP contribution in [0.25, 0.3) is 5.69 Å². The lowest BCUT2D eigenvalue weighted by molar-refractivity contribution is 0.249. The third kappa shape index (κ3) is 3.46. The van der Waals surface area contributed by atoms with Gasteiger partial charge in [0.25, 0.3) is 0 Å². The van der Waals surface area contributed by atoms with Gasteiger partial charge in [0, 0.05) is 63.2 Å². The summed E-state index contributed by atoms with van der Waals surface area (Å²) < 4.78 is 15.6. The summed E-state index contributed by atoms with van der Waals surface area (Å²) in [5.74, 6) is -0.207. The lowest BCUT2D eigenvalue weighted by Gasteiger charge is -2.37. The minimum Gasteiger partial charge on any atom is -0.369 e. The number of anilines is 1. The molecule has 1 aromatic carbocycles. The molecule has 5 nitrogen and oxygen atoms in total. The number of pyridine rings is 1. The third-order valence-corrected chi connectivity index (χ3v) is 4.89. The van der Waals surface area contributed by atoms with Crippen LogP contribution >= 0.6 is 0 Å². The highest BCUT2D eigenvalue weighted by atomic mass is 19.1. The third-order valence-electron chi connectivity index (χ3n) is 4.89. The van der Waals surface area contributed by atoms with Crippen molar-refractivity contribution in [2.24, 2.45) is 0 Å². The highest BCUT2D eigenvalue weighted by Crippen LogP contribution is 2.22. The Bertz CT molecular complexity index is 870. The van der Waals surface area contributed by atoms with E-state index in [9.17, 15) is 4.39 Å². The lowest BCUT2D eigenvalue weighted by atomic mass is 10.1. The molecule has 0 saturated carbocycles. The molecule has 1 aliphatic rings. The van der Waals surface area contributed by atoms with E-state index >= 15 is 0 Å². The van der Waals surface area contributed by atoms with Gasteiger partial charge >= 0.3 is 0 Å². The average Bonchev–Trinajstić information content (AvgIpc) is 3.18. The molecule has 1 saturated heterocycles. The van der Waals surface area contributed by atoms with Gasteiger partial charge in [-0.1, -0.05) is 0 Å². The summed E-state index contributed by atoms with van der Waals surface area (Å²) in [6.07, 6.45) is 7.38. The van der Waals surface area contributed by atoms with Crippen molar-refractivity contribution in [1.82, 2.24) is 19.7 Å². The Morgan fingerprint density at radius 3 is 2.62 bits per heavy atom. The van der Waals surface area contributed by atoms with Crippen molar-refractivity contribution >= 4 is 5.69 Å². The minimum atomic E-state index is -0.207. The van der Waals surface area contributed by atoms with E-state index in [1.54, 1.807) is 23.0 Å². The molecule has 0 spiro atoms. The first-order valence-corrected chi connectivity index (χ1v) is 8.87. The zero-order valence-corrected chi connectivity index (χ0v) is 14.8. The molecule has 0 bridgehead atoms. The second-order valence-electron chi connectivity index (χ2n) is 6.65. The van der Waals surface area contributed by atoms with E-state index in [-0.39, 0.29) is 5.82 Å². The molecule has 0 unspecified atom stereocenters. The Kier molecular flexibility index (Phi) is 4.67. The first-order chi connectivity index (χ1) is 12.7. The van der Waals surface area contributed by atoms with Crippen molar-refractivity contribution in [3.8, 4) is 5.69 Å². The molecule has 3 aromatic rings. The molecule has 134 valence electrons. The molecule has 6 heteroatoms. The molecule has 3 heterocycles. The van der Waals surface area contributed by atoms with Crippen molar-refractivity contribution < 1.29 is 4.39 Å². The van der Waals surface area contributed by atoms with Crippen molar-refractivity contribution in [1.29, 1.82) is 0 Å². The fourth-order valence-electron chi connectivity index (χ4n) is 3.52. The van der Waals surface area contributed by atoms with Crippen LogP contribution < -0.4 is 4.90 Å². The van der Waals surface area contributed by atoms with E-state index in [1.165, 1.54) is 17.3 Å². The van der Waals surface area contributed by atoms with Crippen LogP contribution in [-0.2, 0) is 6.54 Å². The quantitative estimate of drug-likeness (QED) is 0.724. The predicted molar refractivity (Wildman–Crippen MR) is 100.0 cm³/mol. The molecule has 1 fully saturated rings. The van der Waals surface area contributed by atoms with Gasteiger partial charge in [0.05, 0.1) is 5.69 Å². The Balaban J connectivity index is 1.47. The van der Waals surface area contributed by atoms with Crippen LogP contribution in [0.15, 0.2) is 55.1 Å². The molecule has 0 amide bonds. The summed E-state index contributed by atoms with van der Waals surface area (Å²) in [7, 11) is 0. The van der Waals surface area contributed by atoms with Gasteiger partial charge in [0.2, 0.25) is 0 Å². The Morgan fingerprint density at radius 2 is 1.88 bits per heavy atom. The highest BCUT2D eigenvalue weighted by Gasteiger charge is 2.20. The van der Waals surface area contributed by atoms with E-state index in [0.29, 0.717) is 0 Å². The number of nitrogens with zero attached hydrogens (tertiary/aromatic N) is 5. The van der Waals surface area contributed by atoms with Crippen molar-refractivity contribution in [2.75, 3.05) is 31.1 Å². The van der Waals surface area contributed by atoms with Gasteiger partial charge in [-0.25, -0.2) is 9.07 Å². The SMILES string of the molecule is Cc1cnccc1N1CCN(Cc2cc(F)ccc2-n2cccn2)CC1. The minimum absolute atomic E-state index is 0.207. The summed E-state index contributed by atoms with van der Waals surface area (Å²) in [5, 5.41) is 4.29. The second kappa shape index (κ2) is 7.25.